The number of carbonyl (C=O) groups is 2. The second-order valence-electron chi connectivity index (χ2n) is 10.0. The summed E-state index contributed by atoms with van der Waals surface area (Å²) in [5, 5.41) is 1.26. The van der Waals surface area contributed by atoms with E-state index in [0.29, 0.717) is 13.1 Å². The summed E-state index contributed by atoms with van der Waals surface area (Å²) < 4.78 is 30.1. The van der Waals surface area contributed by atoms with Crippen molar-refractivity contribution >= 4 is 32.7 Å². The Bertz CT molecular complexity index is 1470. The van der Waals surface area contributed by atoms with Crippen molar-refractivity contribution in [3.63, 3.8) is 0 Å². The average molecular weight is 492 g/mol. The van der Waals surface area contributed by atoms with Crippen molar-refractivity contribution in [1.82, 2.24) is 13.8 Å². The molecule has 3 aromatic rings. The molecule has 3 heterocycles. The molecule has 6 rings (SSSR count). The number of hydrogen-bond acceptors (Lipinski definition) is 4. The van der Waals surface area contributed by atoms with Gasteiger partial charge < -0.3 is 9.47 Å². The topological polar surface area (TPSA) is 79.7 Å². The number of amides is 2. The molecule has 1 aliphatic carbocycles. The molecule has 0 N–H and O–H groups in total. The zero-order valence-corrected chi connectivity index (χ0v) is 20.8. The second kappa shape index (κ2) is 7.95. The zero-order chi connectivity index (χ0) is 24.5. The third kappa shape index (κ3) is 3.33. The summed E-state index contributed by atoms with van der Waals surface area (Å²) in [7, 11) is -4.11. The third-order valence-electron chi connectivity index (χ3n) is 7.84. The van der Waals surface area contributed by atoms with E-state index in [4.69, 9.17) is 0 Å². The van der Waals surface area contributed by atoms with E-state index in [1.165, 1.54) is 39.9 Å². The van der Waals surface area contributed by atoms with Crippen molar-refractivity contribution in [1.29, 1.82) is 0 Å². The van der Waals surface area contributed by atoms with Crippen LogP contribution in [0.3, 0.4) is 0 Å². The van der Waals surface area contributed by atoms with Gasteiger partial charge in [-0.1, -0.05) is 29.3 Å². The summed E-state index contributed by atoms with van der Waals surface area (Å²) >= 11 is 0. The van der Waals surface area contributed by atoms with Crippen LogP contribution in [0.15, 0.2) is 47.4 Å². The maximum absolute atomic E-state index is 13.9. The molecule has 1 saturated heterocycles. The van der Waals surface area contributed by atoms with Gasteiger partial charge in [-0.15, -0.1) is 0 Å². The van der Waals surface area contributed by atoms with Crippen LogP contribution >= 0.6 is 0 Å². The smallest absolute Gasteiger partial charge is 0.267 e. The normalized spacial score (nSPS) is 22.1. The van der Waals surface area contributed by atoms with Gasteiger partial charge in [-0.05, 0) is 69.4 Å². The molecule has 2 aliphatic heterocycles. The molecule has 1 aromatic heterocycles. The first-order valence-electron chi connectivity index (χ1n) is 12.3. The maximum atomic E-state index is 13.9. The molecule has 1 unspecified atom stereocenters. The molecule has 0 bridgehead atoms. The highest BCUT2D eigenvalue weighted by Crippen LogP contribution is 2.43. The second-order valence-corrected chi connectivity index (χ2v) is 11.9. The fourth-order valence-electron chi connectivity index (χ4n) is 6.18. The van der Waals surface area contributed by atoms with Gasteiger partial charge in [0.15, 0.2) is 0 Å². The summed E-state index contributed by atoms with van der Waals surface area (Å²) in [6, 6.07) is 11.9. The molecule has 2 atom stereocenters. The predicted molar refractivity (Wildman–Crippen MR) is 132 cm³/mol. The summed E-state index contributed by atoms with van der Waals surface area (Å²) in [4.78, 5) is 28.6. The molecule has 0 spiro atoms. The van der Waals surface area contributed by atoms with Gasteiger partial charge in [-0.3, -0.25) is 9.59 Å². The molecule has 182 valence electrons. The zero-order valence-electron chi connectivity index (χ0n) is 20.0. The number of fused-ring (bicyclic) bond motifs is 3. The van der Waals surface area contributed by atoms with Crippen LogP contribution in [-0.2, 0) is 32.6 Å². The van der Waals surface area contributed by atoms with E-state index in [-0.39, 0.29) is 29.7 Å². The molecule has 8 heteroatoms. The Labute approximate surface area is 205 Å². The van der Waals surface area contributed by atoms with Crippen LogP contribution in [0, 0.1) is 13.8 Å². The first-order chi connectivity index (χ1) is 16.8. The fourth-order valence-corrected chi connectivity index (χ4v) is 7.78. The minimum absolute atomic E-state index is 0.0465. The van der Waals surface area contributed by atoms with Crippen molar-refractivity contribution in [3.05, 3.63) is 64.8 Å². The van der Waals surface area contributed by atoms with E-state index in [0.717, 1.165) is 29.1 Å². The van der Waals surface area contributed by atoms with Crippen LogP contribution in [0.4, 0.5) is 0 Å². The monoisotopic (exact) mass is 491 g/mol. The third-order valence-corrected chi connectivity index (χ3v) is 9.68. The molecular weight excluding hydrogens is 462 g/mol. The van der Waals surface area contributed by atoms with E-state index >= 15 is 0 Å². The van der Waals surface area contributed by atoms with E-state index < -0.39 is 22.0 Å². The minimum atomic E-state index is -4.11. The van der Waals surface area contributed by atoms with Crippen LogP contribution < -0.4 is 0 Å². The Morgan fingerprint density at radius 2 is 1.69 bits per heavy atom. The van der Waals surface area contributed by atoms with E-state index in [9.17, 15) is 18.0 Å². The lowest BCUT2D eigenvalue weighted by molar-refractivity contribution is -0.141. The molecule has 0 saturated carbocycles. The number of aromatic nitrogens is 1. The van der Waals surface area contributed by atoms with Gasteiger partial charge in [-0.2, -0.15) is 0 Å². The summed E-state index contributed by atoms with van der Waals surface area (Å²) in [5.41, 5.74) is 5.85. The molecule has 2 amide bonds. The van der Waals surface area contributed by atoms with Gasteiger partial charge >= 0.3 is 0 Å². The molecule has 3 aliphatic rings. The first-order valence-corrected chi connectivity index (χ1v) is 13.8. The molecule has 2 aromatic carbocycles. The Balaban J connectivity index is 1.37. The van der Waals surface area contributed by atoms with Crippen molar-refractivity contribution < 1.29 is 18.0 Å². The van der Waals surface area contributed by atoms with Gasteiger partial charge in [0, 0.05) is 36.1 Å². The lowest BCUT2D eigenvalue weighted by Crippen LogP contribution is -2.52. The fraction of sp³-hybridized carbons (Fsp3) is 0.407. The first kappa shape index (κ1) is 22.3. The molecule has 1 fully saturated rings. The maximum Gasteiger partial charge on any atom is 0.267 e. The van der Waals surface area contributed by atoms with Crippen molar-refractivity contribution in [3.8, 4) is 0 Å². The van der Waals surface area contributed by atoms with Gasteiger partial charge in [0.25, 0.3) is 10.0 Å². The molecular formula is C27H29N3O4S. The quantitative estimate of drug-likeness (QED) is 0.557. The Morgan fingerprint density at radius 1 is 0.943 bits per heavy atom. The SMILES string of the molecule is Cc1ccc(S(=O)(=O)N2C(=O)CC[C@@H]2C(=O)N2CCn3c4c(c5cc(C)ccc53)CCCC42)cc1. The van der Waals surface area contributed by atoms with E-state index in [1.54, 1.807) is 12.1 Å². The summed E-state index contributed by atoms with van der Waals surface area (Å²) in [6.45, 7) is 5.15. The predicted octanol–water partition coefficient (Wildman–Crippen LogP) is 3.86. The average Bonchev–Trinajstić information content (AvgIpc) is 3.39. The van der Waals surface area contributed by atoms with Crippen LogP contribution in [-0.4, -0.2) is 46.6 Å². The highest BCUT2D eigenvalue weighted by atomic mass is 32.2. The van der Waals surface area contributed by atoms with Crippen molar-refractivity contribution in [2.24, 2.45) is 0 Å². The van der Waals surface area contributed by atoms with Gasteiger partial charge in [0.05, 0.1) is 10.9 Å². The molecule has 0 radical (unpaired) electrons. The lowest BCUT2D eigenvalue weighted by atomic mass is 9.89. The Morgan fingerprint density at radius 3 is 2.46 bits per heavy atom. The number of hydrogen-bond donors (Lipinski definition) is 0. The molecule has 35 heavy (non-hydrogen) atoms. The summed E-state index contributed by atoms with van der Waals surface area (Å²) in [5.74, 6) is -0.757. The number of benzene rings is 2. The van der Waals surface area contributed by atoms with Crippen LogP contribution in [0.5, 0.6) is 0 Å². The Hall–Kier alpha value is -3.13. The van der Waals surface area contributed by atoms with Gasteiger partial charge in [-0.25, -0.2) is 12.7 Å². The Kier molecular flexibility index (Phi) is 5.07. The standard InChI is InChI=1S/C27H29N3O4S/c1-17-6-9-19(10-7-17)35(33,34)30-24(12-13-25(30)31)27(32)29-15-14-28-22-11-8-18(2)16-21(22)20-4-3-5-23(29)26(20)28/h6-11,16,23-24H,3-5,12-15H2,1-2H3/t23?,24-/m1/s1. The number of sulfonamides is 1. The van der Waals surface area contributed by atoms with Gasteiger partial charge in [0.1, 0.15) is 6.04 Å². The van der Waals surface area contributed by atoms with Crippen molar-refractivity contribution in [2.75, 3.05) is 6.54 Å². The molecule has 7 nitrogen and oxygen atoms in total. The number of nitrogens with zero attached hydrogens (tertiary/aromatic N) is 3. The number of rotatable bonds is 3. The van der Waals surface area contributed by atoms with Crippen molar-refractivity contribution in [2.45, 2.75) is 69.5 Å². The highest BCUT2D eigenvalue weighted by Gasteiger charge is 2.48. The summed E-state index contributed by atoms with van der Waals surface area (Å²) in [6.07, 6.45) is 3.09. The van der Waals surface area contributed by atoms with Gasteiger partial charge in [0.2, 0.25) is 11.8 Å². The van der Waals surface area contributed by atoms with E-state index in [2.05, 4.69) is 29.7 Å². The number of aryl methyl sites for hydroxylation is 3. The number of carbonyl (C=O) groups excluding carboxylic acids is 2. The van der Waals surface area contributed by atoms with Crippen LogP contribution in [0.25, 0.3) is 10.9 Å². The van der Waals surface area contributed by atoms with E-state index in [1.807, 2.05) is 11.8 Å². The minimum Gasteiger partial charge on any atom is -0.341 e. The highest BCUT2D eigenvalue weighted by molar-refractivity contribution is 7.89. The lowest BCUT2D eigenvalue weighted by Gasteiger charge is -2.41. The van der Waals surface area contributed by atoms with Crippen LogP contribution in [0.2, 0.25) is 0 Å². The largest absolute Gasteiger partial charge is 0.341 e. The van der Waals surface area contributed by atoms with Crippen LogP contribution in [0.1, 0.15) is 54.1 Å².